The van der Waals surface area contributed by atoms with E-state index in [0.29, 0.717) is 0 Å². The average Bonchev–Trinajstić information content (AvgIpc) is 3.33. The third kappa shape index (κ3) is 2.25. The fourth-order valence-corrected chi connectivity index (χ4v) is 5.55. The zero-order valence-corrected chi connectivity index (χ0v) is 14.0. The second-order valence-corrected chi connectivity index (χ2v) is 8.34. The van der Waals surface area contributed by atoms with Crippen molar-refractivity contribution in [1.82, 2.24) is 0 Å². The molecule has 0 aliphatic heterocycles. The summed E-state index contributed by atoms with van der Waals surface area (Å²) in [5.74, 6) is 0.154. The number of aryl methyl sites for hydroxylation is 1. The summed E-state index contributed by atoms with van der Waals surface area (Å²) in [5.41, 5.74) is 3.42. The molecule has 0 N–H and O–H groups in total. The first-order valence-corrected chi connectivity index (χ1v) is 8.95. The fraction of sp³-hybridized carbons (Fsp3) is 0.333. The first-order valence-electron chi connectivity index (χ1n) is 7.41. The van der Waals surface area contributed by atoms with Crippen LogP contribution in [0.2, 0.25) is 0 Å². The molecular formula is C18H21O3P. The van der Waals surface area contributed by atoms with Gasteiger partial charge in [0.15, 0.2) is 0 Å². The van der Waals surface area contributed by atoms with Crippen molar-refractivity contribution >= 4 is 7.60 Å². The second kappa shape index (κ2) is 5.66. The van der Waals surface area contributed by atoms with E-state index in [9.17, 15) is 4.57 Å². The van der Waals surface area contributed by atoms with Crippen LogP contribution in [0.4, 0.5) is 0 Å². The summed E-state index contributed by atoms with van der Waals surface area (Å²) in [5, 5.41) is -0.576. The molecule has 22 heavy (non-hydrogen) atoms. The number of hydrogen-bond donors (Lipinski definition) is 0. The number of benzene rings is 2. The van der Waals surface area contributed by atoms with Crippen LogP contribution in [0.1, 0.15) is 29.0 Å². The summed E-state index contributed by atoms with van der Waals surface area (Å²) in [6, 6.07) is 18.3. The number of rotatable bonds is 5. The van der Waals surface area contributed by atoms with Crippen molar-refractivity contribution in [1.29, 1.82) is 0 Å². The van der Waals surface area contributed by atoms with Gasteiger partial charge in [0.25, 0.3) is 0 Å². The van der Waals surface area contributed by atoms with Gasteiger partial charge in [-0.1, -0.05) is 60.2 Å². The van der Waals surface area contributed by atoms with E-state index in [1.807, 2.05) is 30.3 Å². The van der Waals surface area contributed by atoms with Gasteiger partial charge in [0, 0.05) is 20.1 Å². The Balaban J connectivity index is 2.08. The Morgan fingerprint density at radius 3 is 2.14 bits per heavy atom. The molecular weight excluding hydrogens is 295 g/mol. The zero-order valence-electron chi connectivity index (χ0n) is 13.2. The van der Waals surface area contributed by atoms with Gasteiger partial charge < -0.3 is 9.05 Å². The fourth-order valence-electron chi connectivity index (χ4n) is 3.35. The topological polar surface area (TPSA) is 35.5 Å². The Hall–Kier alpha value is -1.41. The van der Waals surface area contributed by atoms with Gasteiger partial charge in [0.2, 0.25) is 0 Å². The van der Waals surface area contributed by atoms with E-state index in [1.54, 1.807) is 0 Å². The standard InChI is InChI=1S/C18H21O3P/c1-14-9-11-15(12-10-14)17-13-18(17,22(19,20-2)21-3)16-7-5-4-6-8-16/h4-12,17H,13H2,1-3H3/t17-,18-/m1/s1. The smallest absolute Gasteiger partial charge is 0.311 e. The van der Waals surface area contributed by atoms with Crippen molar-refractivity contribution in [3.8, 4) is 0 Å². The highest BCUT2D eigenvalue weighted by Gasteiger charge is 2.68. The molecule has 2 atom stereocenters. The molecule has 0 saturated heterocycles. The first kappa shape index (κ1) is 15.5. The lowest BCUT2D eigenvalue weighted by Gasteiger charge is -2.26. The molecule has 1 aliphatic carbocycles. The molecule has 0 heterocycles. The molecule has 0 spiro atoms. The van der Waals surface area contributed by atoms with Crippen LogP contribution in [0.5, 0.6) is 0 Å². The molecule has 0 radical (unpaired) electrons. The molecule has 4 heteroatoms. The average molecular weight is 316 g/mol. The lowest BCUT2D eigenvalue weighted by Crippen LogP contribution is -2.13. The lowest BCUT2D eigenvalue weighted by atomic mass is 10.0. The maximum Gasteiger partial charge on any atom is 0.341 e. The summed E-state index contributed by atoms with van der Waals surface area (Å²) in [7, 11) is -0.285. The highest BCUT2D eigenvalue weighted by molar-refractivity contribution is 7.55. The van der Waals surface area contributed by atoms with Crippen LogP contribution in [0.25, 0.3) is 0 Å². The molecule has 1 fully saturated rings. The Labute approximate surface area is 131 Å². The van der Waals surface area contributed by atoms with Crippen molar-refractivity contribution in [2.45, 2.75) is 24.4 Å². The lowest BCUT2D eigenvalue weighted by molar-refractivity contribution is 0.261. The van der Waals surface area contributed by atoms with E-state index in [0.717, 1.165) is 12.0 Å². The van der Waals surface area contributed by atoms with Crippen molar-refractivity contribution in [3.63, 3.8) is 0 Å². The quantitative estimate of drug-likeness (QED) is 0.739. The molecule has 1 aliphatic rings. The monoisotopic (exact) mass is 316 g/mol. The largest absolute Gasteiger partial charge is 0.341 e. The van der Waals surface area contributed by atoms with E-state index in [-0.39, 0.29) is 5.92 Å². The van der Waals surface area contributed by atoms with Gasteiger partial charge in [-0.2, -0.15) is 0 Å². The van der Waals surface area contributed by atoms with Gasteiger partial charge >= 0.3 is 7.60 Å². The van der Waals surface area contributed by atoms with Crippen molar-refractivity contribution in [2.75, 3.05) is 14.2 Å². The Bertz CT molecular complexity index is 688. The molecule has 116 valence electrons. The van der Waals surface area contributed by atoms with Crippen LogP contribution in [-0.4, -0.2) is 14.2 Å². The van der Waals surface area contributed by atoms with Crippen LogP contribution < -0.4 is 0 Å². The predicted molar refractivity (Wildman–Crippen MR) is 88.3 cm³/mol. The summed E-state index contributed by atoms with van der Waals surface area (Å²) < 4.78 is 24.0. The van der Waals surface area contributed by atoms with Gasteiger partial charge in [-0.3, -0.25) is 4.57 Å². The minimum absolute atomic E-state index is 0.154. The van der Waals surface area contributed by atoms with E-state index in [1.165, 1.54) is 25.3 Å². The van der Waals surface area contributed by atoms with Gasteiger partial charge in [0.1, 0.15) is 5.16 Å². The normalized spacial score (nSPS) is 24.2. The molecule has 3 nitrogen and oxygen atoms in total. The van der Waals surface area contributed by atoms with Crippen LogP contribution in [0, 0.1) is 6.92 Å². The third-order valence-electron chi connectivity index (χ3n) is 4.65. The Morgan fingerprint density at radius 1 is 1.00 bits per heavy atom. The maximum absolute atomic E-state index is 13.2. The SMILES string of the molecule is COP(=O)(OC)[C@@]1(c2ccccc2)C[C@@H]1c1ccc(C)cc1. The molecule has 3 rings (SSSR count). The second-order valence-electron chi connectivity index (χ2n) is 5.82. The zero-order chi connectivity index (χ0) is 15.8. The van der Waals surface area contributed by atoms with Crippen molar-refractivity contribution < 1.29 is 13.6 Å². The van der Waals surface area contributed by atoms with Gasteiger partial charge in [0.05, 0.1) is 0 Å². The minimum atomic E-state index is -3.23. The molecule has 0 amide bonds. The number of hydrogen-bond acceptors (Lipinski definition) is 3. The van der Waals surface area contributed by atoms with E-state index >= 15 is 0 Å². The van der Waals surface area contributed by atoms with Crippen molar-refractivity contribution in [3.05, 3.63) is 71.3 Å². The van der Waals surface area contributed by atoms with Gasteiger partial charge in [-0.05, 0) is 24.5 Å². The summed E-state index contributed by atoms with van der Waals surface area (Å²) in [6.45, 7) is 2.07. The molecule has 0 aromatic heterocycles. The predicted octanol–water partition coefficient (Wildman–Crippen LogP) is 4.86. The summed E-state index contributed by atoms with van der Waals surface area (Å²) in [4.78, 5) is 0. The summed E-state index contributed by atoms with van der Waals surface area (Å²) >= 11 is 0. The Kier molecular flexibility index (Phi) is 3.98. The molecule has 2 aromatic rings. The third-order valence-corrected chi connectivity index (χ3v) is 7.35. The molecule has 2 aromatic carbocycles. The molecule has 1 saturated carbocycles. The highest BCUT2D eigenvalue weighted by atomic mass is 31.2. The minimum Gasteiger partial charge on any atom is -0.311 e. The van der Waals surface area contributed by atoms with E-state index in [2.05, 4.69) is 31.2 Å². The molecule has 0 unspecified atom stereocenters. The maximum atomic E-state index is 13.2. The first-order chi connectivity index (χ1) is 10.6. The van der Waals surface area contributed by atoms with Crippen LogP contribution in [-0.2, 0) is 18.8 Å². The van der Waals surface area contributed by atoms with E-state index < -0.39 is 12.8 Å². The van der Waals surface area contributed by atoms with Gasteiger partial charge in [-0.25, -0.2) is 0 Å². The summed E-state index contributed by atoms with van der Waals surface area (Å²) in [6.07, 6.45) is 0.777. The van der Waals surface area contributed by atoms with Crippen LogP contribution in [0.3, 0.4) is 0 Å². The van der Waals surface area contributed by atoms with Crippen LogP contribution in [0.15, 0.2) is 54.6 Å². The Morgan fingerprint density at radius 2 is 1.59 bits per heavy atom. The van der Waals surface area contributed by atoms with Gasteiger partial charge in [-0.15, -0.1) is 0 Å². The van der Waals surface area contributed by atoms with Crippen molar-refractivity contribution in [2.24, 2.45) is 0 Å². The highest BCUT2D eigenvalue weighted by Crippen LogP contribution is 2.81. The van der Waals surface area contributed by atoms with Crippen LogP contribution >= 0.6 is 7.60 Å². The molecule has 0 bridgehead atoms. The van der Waals surface area contributed by atoms with E-state index in [4.69, 9.17) is 9.05 Å².